The highest BCUT2D eigenvalue weighted by Gasteiger charge is 2.16. The van der Waals surface area contributed by atoms with Gasteiger partial charge in [-0.25, -0.2) is 0 Å². The molecule has 0 saturated heterocycles. The number of hydrogen-bond acceptors (Lipinski definition) is 2. The average Bonchev–Trinajstić information content (AvgIpc) is 2.53. The van der Waals surface area contributed by atoms with Crippen molar-refractivity contribution in [2.45, 2.75) is 56.2 Å². The van der Waals surface area contributed by atoms with Crippen LogP contribution in [0.1, 0.15) is 67.4 Å². The van der Waals surface area contributed by atoms with Crippen molar-refractivity contribution in [3.63, 3.8) is 0 Å². The summed E-state index contributed by atoms with van der Waals surface area (Å²) in [6.07, 6.45) is 7.70. The Morgan fingerprint density at radius 3 is 2.50 bits per heavy atom. The summed E-state index contributed by atoms with van der Waals surface area (Å²) in [4.78, 5) is 11.1. The summed E-state index contributed by atoms with van der Waals surface area (Å²) < 4.78 is 4.64. The molecule has 1 aromatic rings. The monoisotopic (exact) mass is 294 g/mol. The minimum absolute atomic E-state index is 0.116. The molecule has 1 aromatic carbocycles. The van der Waals surface area contributed by atoms with E-state index in [0.717, 1.165) is 11.5 Å². The molecular weight excluding hydrogens is 272 g/mol. The molecule has 3 heteroatoms. The van der Waals surface area contributed by atoms with Crippen molar-refractivity contribution in [2.24, 2.45) is 0 Å². The van der Waals surface area contributed by atoms with Gasteiger partial charge in [-0.3, -0.25) is 4.79 Å². The molecular formula is C17H23ClO2. The van der Waals surface area contributed by atoms with Crippen LogP contribution < -0.4 is 0 Å². The van der Waals surface area contributed by atoms with E-state index in [2.05, 4.69) is 29.0 Å². The highest BCUT2D eigenvalue weighted by atomic mass is 35.5. The predicted octanol–water partition coefficient (Wildman–Crippen LogP) is 4.97. The van der Waals surface area contributed by atoms with Gasteiger partial charge < -0.3 is 4.74 Å². The second-order valence-corrected chi connectivity index (χ2v) is 6.11. The molecule has 0 aromatic heterocycles. The second-order valence-electron chi connectivity index (χ2n) is 5.58. The number of esters is 1. The SMILES string of the molecule is COC(=O)CCC(Cl)c1ccc(C2CCCCC2)cc1. The number of carbonyl (C=O) groups excluding carboxylic acids is 1. The molecule has 0 heterocycles. The van der Waals surface area contributed by atoms with Gasteiger partial charge in [0.25, 0.3) is 0 Å². The number of halogens is 1. The normalized spacial score (nSPS) is 17.7. The molecule has 0 aliphatic heterocycles. The number of alkyl halides is 1. The third-order valence-electron chi connectivity index (χ3n) is 4.20. The zero-order valence-corrected chi connectivity index (χ0v) is 12.9. The summed E-state index contributed by atoms with van der Waals surface area (Å²) in [5.74, 6) is 0.524. The van der Waals surface area contributed by atoms with E-state index in [1.807, 2.05) is 0 Å². The van der Waals surface area contributed by atoms with E-state index in [1.54, 1.807) is 0 Å². The van der Waals surface area contributed by atoms with Gasteiger partial charge in [0.1, 0.15) is 0 Å². The fraction of sp³-hybridized carbons (Fsp3) is 0.588. The zero-order valence-electron chi connectivity index (χ0n) is 12.1. The Hall–Kier alpha value is -1.02. The Bertz CT molecular complexity index is 421. The van der Waals surface area contributed by atoms with Crippen molar-refractivity contribution in [3.8, 4) is 0 Å². The highest BCUT2D eigenvalue weighted by Crippen LogP contribution is 2.34. The minimum Gasteiger partial charge on any atom is -0.469 e. The number of methoxy groups -OCH3 is 1. The van der Waals surface area contributed by atoms with E-state index in [9.17, 15) is 4.79 Å². The van der Waals surface area contributed by atoms with E-state index in [4.69, 9.17) is 11.6 Å². The molecule has 20 heavy (non-hydrogen) atoms. The van der Waals surface area contributed by atoms with Crippen LogP contribution in [-0.2, 0) is 9.53 Å². The molecule has 1 unspecified atom stereocenters. The van der Waals surface area contributed by atoms with Crippen LogP contribution in [0.4, 0.5) is 0 Å². The number of carbonyl (C=O) groups is 1. The fourth-order valence-electron chi connectivity index (χ4n) is 2.93. The van der Waals surface area contributed by atoms with Crippen molar-refractivity contribution in [1.29, 1.82) is 0 Å². The molecule has 0 spiro atoms. The standard InChI is InChI=1S/C17H23ClO2/c1-20-17(19)12-11-16(18)15-9-7-14(8-10-15)13-5-3-2-4-6-13/h7-10,13,16H,2-6,11-12H2,1H3. The van der Waals surface area contributed by atoms with E-state index < -0.39 is 0 Å². The maximum atomic E-state index is 11.1. The predicted molar refractivity (Wildman–Crippen MR) is 82.1 cm³/mol. The molecule has 0 N–H and O–H groups in total. The zero-order chi connectivity index (χ0) is 14.4. The molecule has 1 atom stereocenters. The lowest BCUT2D eigenvalue weighted by atomic mass is 9.84. The van der Waals surface area contributed by atoms with Gasteiger partial charge in [-0.15, -0.1) is 11.6 Å². The molecule has 0 bridgehead atoms. The second kappa shape index (κ2) is 7.68. The van der Waals surface area contributed by atoms with Crippen LogP contribution in [0.2, 0.25) is 0 Å². The topological polar surface area (TPSA) is 26.3 Å². The van der Waals surface area contributed by atoms with Crippen molar-refractivity contribution in [3.05, 3.63) is 35.4 Å². The van der Waals surface area contributed by atoms with Gasteiger partial charge >= 0.3 is 5.97 Å². The Kier molecular flexibility index (Phi) is 5.90. The molecule has 0 amide bonds. The van der Waals surface area contributed by atoms with E-state index in [0.29, 0.717) is 12.8 Å². The first-order chi connectivity index (χ1) is 9.70. The average molecular weight is 295 g/mol. The van der Waals surface area contributed by atoms with Crippen molar-refractivity contribution in [1.82, 2.24) is 0 Å². The first-order valence-electron chi connectivity index (χ1n) is 7.51. The van der Waals surface area contributed by atoms with Gasteiger partial charge in [-0.05, 0) is 36.3 Å². The van der Waals surface area contributed by atoms with Crippen LogP contribution in [0.5, 0.6) is 0 Å². The first-order valence-corrected chi connectivity index (χ1v) is 7.95. The lowest BCUT2D eigenvalue weighted by Gasteiger charge is -2.22. The third kappa shape index (κ3) is 4.24. The van der Waals surface area contributed by atoms with Gasteiger partial charge in [0.05, 0.1) is 12.5 Å². The molecule has 2 rings (SSSR count). The number of hydrogen-bond donors (Lipinski definition) is 0. The van der Waals surface area contributed by atoms with E-state index >= 15 is 0 Å². The van der Waals surface area contributed by atoms with Crippen molar-refractivity contribution >= 4 is 17.6 Å². The smallest absolute Gasteiger partial charge is 0.305 e. The molecule has 1 fully saturated rings. The summed E-state index contributed by atoms with van der Waals surface area (Å²) in [6, 6.07) is 8.63. The number of rotatable bonds is 5. The summed E-state index contributed by atoms with van der Waals surface area (Å²) >= 11 is 6.34. The van der Waals surface area contributed by atoms with Crippen molar-refractivity contribution < 1.29 is 9.53 Å². The van der Waals surface area contributed by atoms with E-state index in [1.165, 1.54) is 44.8 Å². The van der Waals surface area contributed by atoms with Crippen LogP contribution in [0.3, 0.4) is 0 Å². The molecule has 1 aliphatic carbocycles. The van der Waals surface area contributed by atoms with Crippen LogP contribution >= 0.6 is 11.6 Å². The van der Waals surface area contributed by atoms with Gasteiger partial charge in [0.2, 0.25) is 0 Å². The maximum absolute atomic E-state index is 11.1. The molecule has 1 aliphatic rings. The highest BCUT2D eigenvalue weighted by molar-refractivity contribution is 6.20. The maximum Gasteiger partial charge on any atom is 0.305 e. The van der Waals surface area contributed by atoms with Gasteiger partial charge in [-0.2, -0.15) is 0 Å². The quantitative estimate of drug-likeness (QED) is 0.566. The van der Waals surface area contributed by atoms with Gasteiger partial charge in [0.15, 0.2) is 0 Å². The molecule has 110 valence electrons. The molecule has 0 radical (unpaired) electrons. The van der Waals surface area contributed by atoms with Gasteiger partial charge in [0, 0.05) is 6.42 Å². The third-order valence-corrected chi connectivity index (χ3v) is 4.67. The fourth-order valence-corrected chi connectivity index (χ4v) is 3.18. The Labute approximate surface area is 126 Å². The Balaban J connectivity index is 1.91. The minimum atomic E-state index is -0.200. The van der Waals surface area contributed by atoms with Crippen LogP contribution in [0.25, 0.3) is 0 Å². The summed E-state index contributed by atoms with van der Waals surface area (Å²) in [5.41, 5.74) is 2.53. The first kappa shape index (κ1) is 15.4. The summed E-state index contributed by atoms with van der Waals surface area (Å²) in [6.45, 7) is 0. The molecule has 2 nitrogen and oxygen atoms in total. The van der Waals surface area contributed by atoms with Crippen LogP contribution in [0.15, 0.2) is 24.3 Å². The summed E-state index contributed by atoms with van der Waals surface area (Å²) in [7, 11) is 1.41. The molecule has 1 saturated carbocycles. The van der Waals surface area contributed by atoms with E-state index in [-0.39, 0.29) is 11.3 Å². The van der Waals surface area contributed by atoms with Crippen LogP contribution in [-0.4, -0.2) is 13.1 Å². The Morgan fingerprint density at radius 2 is 1.90 bits per heavy atom. The van der Waals surface area contributed by atoms with Gasteiger partial charge in [-0.1, -0.05) is 43.5 Å². The Morgan fingerprint density at radius 1 is 1.25 bits per heavy atom. The van der Waals surface area contributed by atoms with Crippen LogP contribution in [0, 0.1) is 0 Å². The van der Waals surface area contributed by atoms with Crippen molar-refractivity contribution in [2.75, 3.05) is 7.11 Å². The summed E-state index contributed by atoms with van der Waals surface area (Å²) in [5, 5.41) is -0.116. The number of ether oxygens (including phenoxy) is 1. The number of benzene rings is 1. The largest absolute Gasteiger partial charge is 0.469 e. The lowest BCUT2D eigenvalue weighted by molar-refractivity contribution is -0.140. The lowest BCUT2D eigenvalue weighted by Crippen LogP contribution is -2.05.